The van der Waals surface area contributed by atoms with Gasteiger partial charge in [-0.25, -0.2) is 13.8 Å². The van der Waals surface area contributed by atoms with E-state index in [-0.39, 0.29) is 10.7 Å². The van der Waals surface area contributed by atoms with E-state index in [0.717, 1.165) is 17.7 Å². The molecule has 2 aromatic carbocycles. The van der Waals surface area contributed by atoms with Gasteiger partial charge in [-0.15, -0.1) is 11.3 Å². The number of nitrogens with one attached hydrogen (secondary N) is 1. The summed E-state index contributed by atoms with van der Waals surface area (Å²) in [5, 5.41) is 4.57. The van der Waals surface area contributed by atoms with Crippen molar-refractivity contribution in [2.45, 2.75) is 13.8 Å². The third-order valence-corrected chi connectivity index (χ3v) is 4.50. The van der Waals surface area contributed by atoms with Gasteiger partial charge in [-0.1, -0.05) is 0 Å². The quantitative estimate of drug-likeness (QED) is 0.592. The molecular weight excluding hydrogens is 386 g/mol. The van der Waals surface area contributed by atoms with Gasteiger partial charge in [-0.2, -0.15) is 0 Å². The van der Waals surface area contributed by atoms with Crippen molar-refractivity contribution in [3.63, 3.8) is 0 Å². The number of rotatable bonds is 7. The Morgan fingerprint density at radius 1 is 1.11 bits per heavy atom. The predicted molar refractivity (Wildman–Crippen MR) is 104 cm³/mol. The summed E-state index contributed by atoms with van der Waals surface area (Å²) in [6.45, 7) is 4.78. The van der Waals surface area contributed by atoms with Crippen molar-refractivity contribution in [2.24, 2.45) is 0 Å². The third-order valence-electron chi connectivity index (χ3n) is 3.74. The van der Waals surface area contributed by atoms with E-state index >= 15 is 0 Å². The van der Waals surface area contributed by atoms with Gasteiger partial charge < -0.3 is 9.47 Å². The van der Waals surface area contributed by atoms with Gasteiger partial charge in [-0.3, -0.25) is 10.1 Å². The smallest absolute Gasteiger partial charge is 0.260 e. The summed E-state index contributed by atoms with van der Waals surface area (Å²) < 4.78 is 38.0. The average Bonchev–Trinajstić information content (AvgIpc) is 3.11. The van der Waals surface area contributed by atoms with Crippen molar-refractivity contribution in [3.05, 3.63) is 59.0 Å². The van der Waals surface area contributed by atoms with Crippen LogP contribution in [0.15, 0.2) is 41.8 Å². The first-order chi connectivity index (χ1) is 13.5. The number of hydrogen-bond donors (Lipinski definition) is 1. The summed E-state index contributed by atoms with van der Waals surface area (Å²) in [5.41, 5.74) is 1.05. The van der Waals surface area contributed by atoms with Crippen LogP contribution in [0.1, 0.15) is 24.2 Å². The van der Waals surface area contributed by atoms with Crippen LogP contribution in [0.3, 0.4) is 0 Å². The van der Waals surface area contributed by atoms with E-state index in [1.807, 2.05) is 26.0 Å². The summed E-state index contributed by atoms with van der Waals surface area (Å²) >= 11 is 1.19. The first-order valence-corrected chi connectivity index (χ1v) is 9.51. The second-order valence-electron chi connectivity index (χ2n) is 5.64. The number of ether oxygens (including phenoxy) is 2. The Morgan fingerprint density at radius 3 is 2.61 bits per heavy atom. The van der Waals surface area contributed by atoms with Crippen LogP contribution in [0.25, 0.3) is 11.3 Å². The maximum atomic E-state index is 13.8. The number of hydrogen-bond acceptors (Lipinski definition) is 5. The molecule has 5 nitrogen and oxygen atoms in total. The lowest BCUT2D eigenvalue weighted by Crippen LogP contribution is -2.13. The number of carbonyl (C=O) groups excluding carboxylic acids is 1. The molecule has 0 saturated heterocycles. The average molecular weight is 404 g/mol. The molecule has 0 saturated carbocycles. The number of amides is 1. The topological polar surface area (TPSA) is 60.5 Å². The first kappa shape index (κ1) is 19.8. The minimum atomic E-state index is -0.933. The van der Waals surface area contributed by atoms with Crippen LogP contribution in [0, 0.1) is 11.6 Å². The first-order valence-electron chi connectivity index (χ1n) is 8.63. The Labute approximate surface area is 164 Å². The van der Waals surface area contributed by atoms with Crippen molar-refractivity contribution in [1.29, 1.82) is 0 Å². The fourth-order valence-corrected chi connectivity index (χ4v) is 3.25. The number of carbonyl (C=O) groups is 1. The highest BCUT2D eigenvalue weighted by atomic mass is 32.1. The zero-order valence-electron chi connectivity index (χ0n) is 15.3. The van der Waals surface area contributed by atoms with Gasteiger partial charge in [-0.05, 0) is 44.2 Å². The molecule has 28 heavy (non-hydrogen) atoms. The van der Waals surface area contributed by atoms with Gasteiger partial charge in [0.25, 0.3) is 5.91 Å². The normalized spacial score (nSPS) is 10.6. The van der Waals surface area contributed by atoms with Crippen LogP contribution in [0.5, 0.6) is 11.5 Å². The summed E-state index contributed by atoms with van der Waals surface area (Å²) in [4.78, 5) is 16.6. The predicted octanol–water partition coefficient (Wildman–Crippen LogP) is 5.14. The van der Waals surface area contributed by atoms with E-state index in [0.29, 0.717) is 36.5 Å². The maximum Gasteiger partial charge on any atom is 0.260 e. The molecule has 0 unspecified atom stereocenters. The minimum absolute atomic E-state index is 0.258. The molecule has 0 atom stereocenters. The summed E-state index contributed by atoms with van der Waals surface area (Å²) in [7, 11) is 0. The van der Waals surface area contributed by atoms with Crippen molar-refractivity contribution in [2.75, 3.05) is 18.5 Å². The fraction of sp³-hybridized carbons (Fsp3) is 0.200. The number of halogens is 2. The molecule has 1 amide bonds. The number of thiazole rings is 1. The lowest BCUT2D eigenvalue weighted by molar-refractivity contribution is 0.102. The Kier molecular flexibility index (Phi) is 6.20. The molecule has 0 fully saturated rings. The fourth-order valence-electron chi connectivity index (χ4n) is 2.54. The number of aromatic nitrogens is 1. The molecule has 0 bridgehead atoms. The number of benzene rings is 2. The van der Waals surface area contributed by atoms with Crippen molar-refractivity contribution >= 4 is 22.4 Å². The van der Waals surface area contributed by atoms with Crippen LogP contribution in [-0.2, 0) is 0 Å². The molecule has 1 heterocycles. The Bertz CT molecular complexity index is 991. The molecular formula is C20H18F2N2O3S. The van der Waals surface area contributed by atoms with E-state index < -0.39 is 17.5 Å². The van der Waals surface area contributed by atoms with E-state index in [2.05, 4.69) is 10.3 Å². The molecule has 0 aliphatic rings. The molecule has 1 N–H and O–H groups in total. The Balaban J connectivity index is 1.85. The molecule has 0 radical (unpaired) electrons. The van der Waals surface area contributed by atoms with Crippen LogP contribution < -0.4 is 14.8 Å². The van der Waals surface area contributed by atoms with Crippen LogP contribution in [0.4, 0.5) is 13.9 Å². The molecule has 0 spiro atoms. The lowest BCUT2D eigenvalue weighted by atomic mass is 10.1. The Hall–Kier alpha value is -3.00. The largest absolute Gasteiger partial charge is 0.494 e. The Morgan fingerprint density at radius 2 is 1.89 bits per heavy atom. The van der Waals surface area contributed by atoms with Crippen molar-refractivity contribution < 1.29 is 23.0 Å². The van der Waals surface area contributed by atoms with Gasteiger partial charge in [0.1, 0.15) is 23.1 Å². The second kappa shape index (κ2) is 8.79. The summed E-state index contributed by atoms with van der Waals surface area (Å²) in [6.07, 6.45) is 0. The summed E-state index contributed by atoms with van der Waals surface area (Å²) in [6, 6.07) is 8.20. The standard InChI is InChI=1S/C20H18F2N2O3S/c1-3-26-13-6-8-18(27-4-2)15(10-13)17-11-28-20(23-17)24-19(25)14-7-5-12(21)9-16(14)22/h5-11H,3-4H2,1-2H3,(H,23,24,25). The highest BCUT2D eigenvalue weighted by Gasteiger charge is 2.16. The van der Waals surface area contributed by atoms with Crippen LogP contribution >= 0.6 is 11.3 Å². The van der Waals surface area contributed by atoms with Gasteiger partial charge in [0.15, 0.2) is 5.13 Å². The molecule has 1 aromatic heterocycles. The molecule has 0 aliphatic carbocycles. The third kappa shape index (κ3) is 4.45. The molecule has 0 aliphatic heterocycles. The van der Waals surface area contributed by atoms with Gasteiger partial charge in [0.2, 0.25) is 0 Å². The van der Waals surface area contributed by atoms with Gasteiger partial charge in [0.05, 0.1) is 24.5 Å². The van der Waals surface area contributed by atoms with E-state index in [9.17, 15) is 13.6 Å². The van der Waals surface area contributed by atoms with Gasteiger partial charge in [0, 0.05) is 17.0 Å². The molecule has 3 rings (SSSR count). The van der Waals surface area contributed by atoms with Crippen LogP contribution in [0.2, 0.25) is 0 Å². The van der Waals surface area contributed by atoms with Crippen molar-refractivity contribution in [1.82, 2.24) is 4.98 Å². The van der Waals surface area contributed by atoms with E-state index in [1.54, 1.807) is 11.4 Å². The number of nitrogens with zero attached hydrogens (tertiary/aromatic N) is 1. The lowest BCUT2D eigenvalue weighted by Gasteiger charge is -2.11. The SMILES string of the molecule is CCOc1ccc(OCC)c(-c2csc(NC(=O)c3ccc(F)cc3F)n2)c1. The molecule has 146 valence electrons. The van der Waals surface area contributed by atoms with E-state index in [1.165, 1.54) is 11.3 Å². The zero-order valence-corrected chi connectivity index (χ0v) is 16.1. The molecule has 8 heteroatoms. The van der Waals surface area contributed by atoms with Crippen LogP contribution in [-0.4, -0.2) is 24.1 Å². The second-order valence-corrected chi connectivity index (χ2v) is 6.50. The monoisotopic (exact) mass is 404 g/mol. The highest BCUT2D eigenvalue weighted by Crippen LogP contribution is 2.35. The molecule has 3 aromatic rings. The minimum Gasteiger partial charge on any atom is -0.494 e. The maximum absolute atomic E-state index is 13.8. The van der Waals surface area contributed by atoms with Crippen molar-refractivity contribution in [3.8, 4) is 22.8 Å². The zero-order chi connectivity index (χ0) is 20.1. The van der Waals surface area contributed by atoms with Gasteiger partial charge >= 0.3 is 0 Å². The number of anilines is 1. The summed E-state index contributed by atoms with van der Waals surface area (Å²) in [5.74, 6) is -1.07. The highest BCUT2D eigenvalue weighted by molar-refractivity contribution is 7.14. The van der Waals surface area contributed by atoms with E-state index in [4.69, 9.17) is 9.47 Å².